The van der Waals surface area contributed by atoms with Gasteiger partial charge in [-0.25, -0.2) is 4.79 Å². The average molecular weight is 464 g/mol. The number of amides is 1. The minimum atomic E-state index is -0.670. The fourth-order valence-electron chi connectivity index (χ4n) is 3.37. The highest BCUT2D eigenvalue weighted by Crippen LogP contribution is 2.39. The van der Waals surface area contributed by atoms with E-state index in [9.17, 15) is 9.59 Å². The summed E-state index contributed by atoms with van der Waals surface area (Å²) in [6.45, 7) is 6.25. The first-order chi connectivity index (χ1) is 16.6. The molecule has 0 fully saturated rings. The van der Waals surface area contributed by atoms with E-state index in [0.29, 0.717) is 42.8 Å². The van der Waals surface area contributed by atoms with Crippen LogP contribution in [0.1, 0.15) is 31.1 Å². The lowest BCUT2D eigenvalue weighted by Gasteiger charge is -2.17. The summed E-state index contributed by atoms with van der Waals surface area (Å²) in [7, 11) is 0. The zero-order valence-corrected chi connectivity index (χ0v) is 19.6. The van der Waals surface area contributed by atoms with Crippen LogP contribution in [0.15, 0.2) is 66.7 Å². The molecule has 0 aliphatic heterocycles. The zero-order valence-electron chi connectivity index (χ0n) is 19.6. The summed E-state index contributed by atoms with van der Waals surface area (Å²) in [5.41, 5.74) is 2.68. The summed E-state index contributed by atoms with van der Waals surface area (Å²) in [4.78, 5) is 25.3. The van der Waals surface area contributed by atoms with Gasteiger partial charge < -0.3 is 24.3 Å². The first-order valence-corrected chi connectivity index (χ1v) is 11.2. The lowest BCUT2D eigenvalue weighted by atomic mass is 10.0. The molecule has 178 valence electrons. The van der Waals surface area contributed by atoms with Crippen molar-refractivity contribution < 1.29 is 28.5 Å². The van der Waals surface area contributed by atoms with E-state index < -0.39 is 18.5 Å². The SMILES string of the molecule is CCOc1cc(C(=O)OCC(=O)Nc2ccccc2-c2ccccc2)cc(OCC)c1OCC. The Balaban J connectivity index is 1.72. The van der Waals surface area contributed by atoms with Crippen molar-refractivity contribution in [2.24, 2.45) is 0 Å². The molecule has 3 aromatic rings. The van der Waals surface area contributed by atoms with Gasteiger partial charge in [-0.15, -0.1) is 0 Å². The standard InChI is InChI=1S/C27H29NO6/c1-4-31-23-16-20(17-24(32-5-2)26(23)33-6-3)27(30)34-18-25(29)28-22-15-11-10-14-21(22)19-12-8-7-9-13-19/h7-17H,4-6,18H2,1-3H3,(H,28,29). The largest absolute Gasteiger partial charge is 0.490 e. The highest BCUT2D eigenvalue weighted by atomic mass is 16.5. The number of para-hydroxylation sites is 1. The number of nitrogens with one attached hydrogen (secondary N) is 1. The average Bonchev–Trinajstić information content (AvgIpc) is 2.85. The van der Waals surface area contributed by atoms with Crippen LogP contribution in [0.3, 0.4) is 0 Å². The zero-order chi connectivity index (χ0) is 24.3. The highest BCUT2D eigenvalue weighted by molar-refractivity contribution is 5.98. The number of rotatable bonds is 11. The van der Waals surface area contributed by atoms with Gasteiger partial charge in [-0.2, -0.15) is 0 Å². The van der Waals surface area contributed by atoms with Crippen molar-refractivity contribution in [1.82, 2.24) is 0 Å². The summed E-state index contributed by atoms with van der Waals surface area (Å²) in [6, 6.07) is 20.2. The van der Waals surface area contributed by atoms with Crippen LogP contribution in [0.25, 0.3) is 11.1 Å². The number of carbonyl (C=O) groups excluding carboxylic acids is 2. The molecule has 0 radical (unpaired) electrons. The summed E-state index contributed by atoms with van der Waals surface area (Å²) in [6.07, 6.45) is 0. The van der Waals surface area contributed by atoms with Crippen molar-refractivity contribution >= 4 is 17.6 Å². The van der Waals surface area contributed by atoms with Crippen molar-refractivity contribution in [2.75, 3.05) is 31.7 Å². The molecular formula is C27H29NO6. The van der Waals surface area contributed by atoms with E-state index in [2.05, 4.69) is 5.32 Å². The molecule has 7 heteroatoms. The van der Waals surface area contributed by atoms with Crippen LogP contribution < -0.4 is 19.5 Å². The van der Waals surface area contributed by atoms with Crippen LogP contribution in [-0.2, 0) is 9.53 Å². The van der Waals surface area contributed by atoms with E-state index >= 15 is 0 Å². The molecule has 1 amide bonds. The molecule has 7 nitrogen and oxygen atoms in total. The second-order valence-corrected chi connectivity index (χ2v) is 7.14. The first kappa shape index (κ1) is 24.6. The van der Waals surface area contributed by atoms with E-state index in [1.54, 1.807) is 6.07 Å². The summed E-state index contributed by atoms with van der Waals surface area (Å²) >= 11 is 0. The van der Waals surface area contributed by atoms with Gasteiger partial charge in [-0.3, -0.25) is 4.79 Å². The molecule has 0 aliphatic rings. The molecule has 0 unspecified atom stereocenters. The normalized spacial score (nSPS) is 10.3. The van der Waals surface area contributed by atoms with E-state index in [0.717, 1.165) is 11.1 Å². The van der Waals surface area contributed by atoms with Gasteiger partial charge in [-0.05, 0) is 44.5 Å². The van der Waals surface area contributed by atoms with Gasteiger partial charge in [0.25, 0.3) is 5.91 Å². The van der Waals surface area contributed by atoms with Crippen LogP contribution in [-0.4, -0.2) is 38.3 Å². The third kappa shape index (κ3) is 6.28. The van der Waals surface area contributed by atoms with Gasteiger partial charge in [0.15, 0.2) is 18.1 Å². The van der Waals surface area contributed by atoms with E-state index in [-0.39, 0.29) is 5.56 Å². The molecule has 0 saturated heterocycles. The highest BCUT2D eigenvalue weighted by Gasteiger charge is 2.20. The first-order valence-electron chi connectivity index (χ1n) is 11.2. The van der Waals surface area contributed by atoms with Crippen LogP contribution in [0.4, 0.5) is 5.69 Å². The Labute approximate surface area is 199 Å². The molecule has 0 aromatic heterocycles. The quantitative estimate of drug-likeness (QED) is 0.386. The van der Waals surface area contributed by atoms with E-state index in [1.807, 2.05) is 69.3 Å². The summed E-state index contributed by atoms with van der Waals surface area (Å²) < 4.78 is 22.2. The van der Waals surface area contributed by atoms with Gasteiger partial charge in [0, 0.05) is 11.3 Å². The van der Waals surface area contributed by atoms with Crippen molar-refractivity contribution in [3.05, 3.63) is 72.3 Å². The lowest BCUT2D eigenvalue weighted by Crippen LogP contribution is -2.21. The second-order valence-electron chi connectivity index (χ2n) is 7.14. The Bertz CT molecular complexity index is 1090. The Morgan fingerprint density at radius 3 is 1.97 bits per heavy atom. The Morgan fingerprint density at radius 2 is 1.35 bits per heavy atom. The fraction of sp³-hybridized carbons (Fsp3) is 0.259. The van der Waals surface area contributed by atoms with Gasteiger partial charge in [0.2, 0.25) is 5.75 Å². The Hall–Kier alpha value is -4.00. The topological polar surface area (TPSA) is 83.1 Å². The molecule has 0 bridgehead atoms. The molecule has 0 saturated carbocycles. The second kappa shape index (κ2) is 12.3. The Kier molecular flexibility index (Phi) is 8.91. The predicted molar refractivity (Wildman–Crippen MR) is 131 cm³/mol. The van der Waals surface area contributed by atoms with Crippen molar-refractivity contribution in [3.63, 3.8) is 0 Å². The molecule has 34 heavy (non-hydrogen) atoms. The van der Waals surface area contributed by atoms with Crippen LogP contribution in [0, 0.1) is 0 Å². The van der Waals surface area contributed by atoms with E-state index in [4.69, 9.17) is 18.9 Å². The molecular weight excluding hydrogens is 434 g/mol. The predicted octanol–water partition coefficient (Wildman–Crippen LogP) is 5.35. The fourth-order valence-corrected chi connectivity index (χ4v) is 3.37. The van der Waals surface area contributed by atoms with Gasteiger partial charge in [0.1, 0.15) is 0 Å². The molecule has 0 atom stereocenters. The van der Waals surface area contributed by atoms with Crippen LogP contribution >= 0.6 is 0 Å². The lowest BCUT2D eigenvalue weighted by molar-refractivity contribution is -0.119. The smallest absolute Gasteiger partial charge is 0.338 e. The van der Waals surface area contributed by atoms with Crippen molar-refractivity contribution in [1.29, 1.82) is 0 Å². The molecule has 0 aliphatic carbocycles. The monoisotopic (exact) mass is 463 g/mol. The molecule has 0 heterocycles. The molecule has 3 aromatic carbocycles. The van der Waals surface area contributed by atoms with E-state index in [1.165, 1.54) is 12.1 Å². The Morgan fingerprint density at radius 1 is 0.765 bits per heavy atom. The maximum absolute atomic E-state index is 12.7. The number of hydrogen-bond acceptors (Lipinski definition) is 6. The van der Waals surface area contributed by atoms with Crippen LogP contribution in [0.2, 0.25) is 0 Å². The minimum Gasteiger partial charge on any atom is -0.490 e. The maximum Gasteiger partial charge on any atom is 0.338 e. The van der Waals surface area contributed by atoms with Gasteiger partial charge in [-0.1, -0.05) is 48.5 Å². The number of benzene rings is 3. The maximum atomic E-state index is 12.7. The number of esters is 1. The van der Waals surface area contributed by atoms with Gasteiger partial charge in [0.05, 0.1) is 25.4 Å². The number of hydrogen-bond donors (Lipinski definition) is 1. The molecule has 0 spiro atoms. The summed E-state index contributed by atoms with van der Waals surface area (Å²) in [5, 5.41) is 2.82. The molecule has 1 N–H and O–H groups in total. The van der Waals surface area contributed by atoms with Gasteiger partial charge >= 0.3 is 5.97 Å². The third-order valence-electron chi connectivity index (χ3n) is 4.77. The minimum absolute atomic E-state index is 0.202. The third-order valence-corrected chi connectivity index (χ3v) is 4.77. The van der Waals surface area contributed by atoms with Crippen LogP contribution in [0.5, 0.6) is 17.2 Å². The summed E-state index contributed by atoms with van der Waals surface area (Å²) in [5.74, 6) is 0.0687. The number of ether oxygens (including phenoxy) is 4. The van der Waals surface area contributed by atoms with Crippen molar-refractivity contribution in [2.45, 2.75) is 20.8 Å². The van der Waals surface area contributed by atoms with Crippen molar-refractivity contribution in [3.8, 4) is 28.4 Å². The number of carbonyl (C=O) groups is 2. The number of anilines is 1. The molecule has 3 rings (SSSR count).